The average Bonchev–Trinajstić information content (AvgIpc) is 2.46. The van der Waals surface area contributed by atoms with Crippen LogP contribution in [-0.4, -0.2) is 31.9 Å². The van der Waals surface area contributed by atoms with E-state index in [4.69, 9.17) is 0 Å². The first-order chi connectivity index (χ1) is 9.15. The molecule has 2 rings (SSSR count). The predicted octanol–water partition coefficient (Wildman–Crippen LogP) is 2.35. The van der Waals surface area contributed by atoms with E-state index in [-0.39, 0.29) is 6.61 Å². The SMILES string of the molecule is CNC(C)c1ccc2c(c1)CCCN2CC(C)CO. The van der Waals surface area contributed by atoms with Crippen molar-refractivity contribution in [2.75, 3.05) is 31.6 Å². The molecule has 1 aliphatic rings. The molecule has 19 heavy (non-hydrogen) atoms. The highest BCUT2D eigenvalue weighted by Crippen LogP contribution is 2.30. The molecule has 3 heteroatoms. The summed E-state index contributed by atoms with van der Waals surface area (Å²) in [7, 11) is 2.00. The Balaban J connectivity index is 2.20. The second kappa shape index (κ2) is 6.40. The van der Waals surface area contributed by atoms with Crippen LogP contribution in [0.15, 0.2) is 18.2 Å². The summed E-state index contributed by atoms with van der Waals surface area (Å²) in [6.07, 6.45) is 2.38. The Hall–Kier alpha value is -1.06. The van der Waals surface area contributed by atoms with E-state index in [1.54, 1.807) is 0 Å². The van der Waals surface area contributed by atoms with Crippen LogP contribution in [0.1, 0.15) is 37.4 Å². The van der Waals surface area contributed by atoms with Gasteiger partial charge in [0.1, 0.15) is 0 Å². The first-order valence-electron chi connectivity index (χ1n) is 7.31. The van der Waals surface area contributed by atoms with Gasteiger partial charge in [-0.1, -0.05) is 19.1 Å². The lowest BCUT2D eigenvalue weighted by Gasteiger charge is -2.33. The summed E-state index contributed by atoms with van der Waals surface area (Å²) in [5.41, 5.74) is 4.17. The van der Waals surface area contributed by atoms with Crippen LogP contribution in [0.25, 0.3) is 0 Å². The molecule has 0 fully saturated rings. The minimum Gasteiger partial charge on any atom is -0.396 e. The van der Waals surface area contributed by atoms with E-state index in [0.29, 0.717) is 12.0 Å². The highest BCUT2D eigenvalue weighted by molar-refractivity contribution is 5.57. The summed E-state index contributed by atoms with van der Waals surface area (Å²) < 4.78 is 0. The molecule has 0 amide bonds. The topological polar surface area (TPSA) is 35.5 Å². The first kappa shape index (κ1) is 14.4. The lowest BCUT2D eigenvalue weighted by Crippen LogP contribution is -2.34. The molecular formula is C16H26N2O. The second-order valence-electron chi connectivity index (χ2n) is 5.74. The van der Waals surface area contributed by atoms with Crippen LogP contribution in [0.5, 0.6) is 0 Å². The molecule has 1 aromatic rings. The number of aliphatic hydroxyl groups excluding tert-OH is 1. The first-order valence-corrected chi connectivity index (χ1v) is 7.31. The van der Waals surface area contributed by atoms with Gasteiger partial charge in [-0.2, -0.15) is 0 Å². The number of aliphatic hydroxyl groups is 1. The summed E-state index contributed by atoms with van der Waals surface area (Å²) >= 11 is 0. The van der Waals surface area contributed by atoms with Gasteiger partial charge in [-0.05, 0) is 49.9 Å². The number of aryl methyl sites for hydroxylation is 1. The standard InChI is InChI=1S/C16H26N2O/c1-12(11-19)10-18-8-4-5-15-9-14(13(2)17-3)6-7-16(15)18/h6-7,9,12-13,17,19H,4-5,8,10-11H2,1-3H3. The van der Waals surface area contributed by atoms with Gasteiger partial charge in [0.2, 0.25) is 0 Å². The fourth-order valence-corrected chi connectivity index (χ4v) is 2.75. The zero-order valence-corrected chi connectivity index (χ0v) is 12.3. The minimum absolute atomic E-state index is 0.265. The van der Waals surface area contributed by atoms with E-state index >= 15 is 0 Å². The predicted molar refractivity (Wildman–Crippen MR) is 80.7 cm³/mol. The van der Waals surface area contributed by atoms with Crippen molar-refractivity contribution in [3.05, 3.63) is 29.3 Å². The zero-order valence-electron chi connectivity index (χ0n) is 12.3. The zero-order chi connectivity index (χ0) is 13.8. The third-order valence-corrected chi connectivity index (χ3v) is 4.10. The number of hydrogen-bond acceptors (Lipinski definition) is 3. The molecule has 2 atom stereocenters. The molecule has 0 radical (unpaired) electrons. The quantitative estimate of drug-likeness (QED) is 0.855. The molecule has 0 saturated heterocycles. The minimum atomic E-state index is 0.265. The molecule has 1 heterocycles. The van der Waals surface area contributed by atoms with Gasteiger partial charge in [0, 0.05) is 31.4 Å². The number of benzene rings is 1. The average molecular weight is 262 g/mol. The van der Waals surface area contributed by atoms with Crippen LogP contribution in [-0.2, 0) is 6.42 Å². The summed E-state index contributed by atoms with van der Waals surface area (Å²) in [5, 5.41) is 12.5. The van der Waals surface area contributed by atoms with E-state index in [9.17, 15) is 5.11 Å². The highest BCUT2D eigenvalue weighted by atomic mass is 16.3. The Kier molecular flexibility index (Phi) is 4.83. The number of nitrogens with zero attached hydrogens (tertiary/aromatic N) is 1. The Morgan fingerprint density at radius 1 is 1.37 bits per heavy atom. The maximum absolute atomic E-state index is 9.23. The molecular weight excluding hydrogens is 236 g/mol. The summed E-state index contributed by atoms with van der Waals surface area (Å²) in [6.45, 7) is 6.62. The molecule has 1 aliphatic heterocycles. The van der Waals surface area contributed by atoms with Crippen molar-refractivity contribution < 1.29 is 5.11 Å². The number of nitrogens with one attached hydrogen (secondary N) is 1. The van der Waals surface area contributed by atoms with Crippen LogP contribution in [0, 0.1) is 5.92 Å². The summed E-state index contributed by atoms with van der Waals surface area (Å²) in [4.78, 5) is 2.42. The molecule has 0 spiro atoms. The highest BCUT2D eigenvalue weighted by Gasteiger charge is 2.19. The molecule has 2 unspecified atom stereocenters. The Bertz CT molecular complexity index is 419. The summed E-state index contributed by atoms with van der Waals surface area (Å²) in [5.74, 6) is 0.335. The van der Waals surface area contributed by atoms with Gasteiger partial charge in [-0.25, -0.2) is 0 Å². The molecule has 106 valence electrons. The Morgan fingerprint density at radius 3 is 2.84 bits per heavy atom. The fourth-order valence-electron chi connectivity index (χ4n) is 2.75. The third-order valence-electron chi connectivity index (χ3n) is 4.10. The van der Waals surface area contributed by atoms with E-state index in [1.807, 2.05) is 7.05 Å². The van der Waals surface area contributed by atoms with E-state index in [1.165, 1.54) is 29.7 Å². The molecule has 0 bridgehead atoms. The van der Waals surface area contributed by atoms with Gasteiger partial charge in [0.05, 0.1) is 0 Å². The van der Waals surface area contributed by atoms with E-state index in [2.05, 4.69) is 42.3 Å². The smallest absolute Gasteiger partial charge is 0.0473 e. The van der Waals surface area contributed by atoms with E-state index in [0.717, 1.165) is 13.1 Å². The molecule has 0 aromatic heterocycles. The number of fused-ring (bicyclic) bond motifs is 1. The van der Waals surface area contributed by atoms with Gasteiger partial charge in [-0.15, -0.1) is 0 Å². The molecule has 0 saturated carbocycles. The maximum atomic E-state index is 9.23. The van der Waals surface area contributed by atoms with Crippen LogP contribution in [0.3, 0.4) is 0 Å². The lowest BCUT2D eigenvalue weighted by molar-refractivity contribution is 0.239. The largest absolute Gasteiger partial charge is 0.396 e. The number of anilines is 1. The third kappa shape index (κ3) is 3.28. The van der Waals surface area contributed by atoms with Crippen LogP contribution in [0.2, 0.25) is 0 Å². The fraction of sp³-hybridized carbons (Fsp3) is 0.625. The Labute approximate surface area is 116 Å². The van der Waals surface area contributed by atoms with Crippen molar-refractivity contribution in [1.29, 1.82) is 0 Å². The normalized spacial score (nSPS) is 18.0. The van der Waals surface area contributed by atoms with E-state index < -0.39 is 0 Å². The van der Waals surface area contributed by atoms with Crippen LogP contribution in [0.4, 0.5) is 5.69 Å². The van der Waals surface area contributed by atoms with Gasteiger partial charge in [0.25, 0.3) is 0 Å². The van der Waals surface area contributed by atoms with Crippen molar-refractivity contribution in [3.63, 3.8) is 0 Å². The molecule has 3 nitrogen and oxygen atoms in total. The number of hydrogen-bond donors (Lipinski definition) is 2. The van der Waals surface area contributed by atoms with Crippen molar-refractivity contribution in [2.24, 2.45) is 5.92 Å². The molecule has 1 aromatic carbocycles. The maximum Gasteiger partial charge on any atom is 0.0473 e. The van der Waals surface area contributed by atoms with Gasteiger partial charge in [-0.3, -0.25) is 0 Å². The number of rotatable bonds is 5. The molecule has 2 N–H and O–H groups in total. The molecule has 0 aliphatic carbocycles. The van der Waals surface area contributed by atoms with Crippen molar-refractivity contribution in [1.82, 2.24) is 5.32 Å². The Morgan fingerprint density at radius 2 is 2.16 bits per heavy atom. The van der Waals surface area contributed by atoms with Crippen molar-refractivity contribution in [3.8, 4) is 0 Å². The van der Waals surface area contributed by atoms with Gasteiger partial charge >= 0.3 is 0 Å². The monoisotopic (exact) mass is 262 g/mol. The van der Waals surface area contributed by atoms with Gasteiger partial charge in [0.15, 0.2) is 0 Å². The second-order valence-corrected chi connectivity index (χ2v) is 5.74. The van der Waals surface area contributed by atoms with Crippen molar-refractivity contribution >= 4 is 5.69 Å². The van der Waals surface area contributed by atoms with Crippen molar-refractivity contribution in [2.45, 2.75) is 32.7 Å². The lowest BCUT2D eigenvalue weighted by atomic mass is 9.96. The summed E-state index contributed by atoms with van der Waals surface area (Å²) in [6, 6.07) is 7.22. The van der Waals surface area contributed by atoms with Gasteiger partial charge < -0.3 is 15.3 Å². The van der Waals surface area contributed by atoms with Crippen LogP contribution >= 0.6 is 0 Å². The van der Waals surface area contributed by atoms with Crippen LogP contribution < -0.4 is 10.2 Å².